The smallest absolute Gasteiger partial charge is 0.321 e. The molecule has 1 aliphatic rings. The lowest BCUT2D eigenvalue weighted by molar-refractivity contribution is -0.166. The second-order valence-corrected chi connectivity index (χ2v) is 7.55. The van der Waals surface area contributed by atoms with Crippen LogP contribution in [-0.4, -0.2) is 35.8 Å². The Balaban J connectivity index is 1.87. The standard InChI is InChI=1S/C25H27NO4/c1-3-30-24(29)25(16-7-9-20-14-12-19(2)13-15-20)17-8-18-26(23(25)28)22(27)21-10-5-4-6-11-21/h4-7,9-15H,3,8,16-18H2,1-2H3/t25-/m0/s1. The van der Waals surface area contributed by atoms with Crippen molar-refractivity contribution in [2.75, 3.05) is 13.2 Å². The first kappa shape index (κ1) is 21.5. The number of ether oxygens (including phenoxy) is 1. The predicted octanol–water partition coefficient (Wildman–Crippen LogP) is 4.41. The zero-order chi connectivity index (χ0) is 21.6. The first-order valence-corrected chi connectivity index (χ1v) is 10.3. The molecule has 1 fully saturated rings. The largest absolute Gasteiger partial charge is 0.465 e. The summed E-state index contributed by atoms with van der Waals surface area (Å²) in [5, 5.41) is 0. The molecule has 0 spiro atoms. The summed E-state index contributed by atoms with van der Waals surface area (Å²) < 4.78 is 5.28. The molecule has 0 bridgehead atoms. The summed E-state index contributed by atoms with van der Waals surface area (Å²) in [5.41, 5.74) is 1.20. The molecule has 0 saturated carbocycles. The van der Waals surface area contributed by atoms with Crippen molar-refractivity contribution in [3.63, 3.8) is 0 Å². The summed E-state index contributed by atoms with van der Waals surface area (Å²) in [6.45, 7) is 4.22. The first-order valence-electron chi connectivity index (χ1n) is 10.3. The number of hydrogen-bond donors (Lipinski definition) is 0. The average Bonchev–Trinajstić information content (AvgIpc) is 2.76. The minimum atomic E-state index is -1.38. The van der Waals surface area contributed by atoms with Gasteiger partial charge in [0.15, 0.2) is 5.41 Å². The monoisotopic (exact) mass is 405 g/mol. The number of carbonyl (C=O) groups excluding carboxylic acids is 3. The molecule has 0 unspecified atom stereocenters. The second kappa shape index (κ2) is 9.53. The van der Waals surface area contributed by atoms with Crippen LogP contribution in [0.15, 0.2) is 60.7 Å². The van der Waals surface area contributed by atoms with Crippen LogP contribution in [0.1, 0.15) is 47.7 Å². The molecule has 2 aromatic rings. The number of esters is 1. The average molecular weight is 405 g/mol. The molecule has 5 nitrogen and oxygen atoms in total. The van der Waals surface area contributed by atoms with E-state index in [1.807, 2.05) is 49.4 Å². The Morgan fingerprint density at radius 2 is 1.80 bits per heavy atom. The molecule has 0 aliphatic carbocycles. The van der Waals surface area contributed by atoms with Crippen LogP contribution in [0.4, 0.5) is 0 Å². The van der Waals surface area contributed by atoms with Gasteiger partial charge in [-0.25, -0.2) is 0 Å². The molecule has 1 saturated heterocycles. The number of piperidine rings is 1. The summed E-state index contributed by atoms with van der Waals surface area (Å²) >= 11 is 0. The number of aryl methyl sites for hydroxylation is 1. The van der Waals surface area contributed by atoms with Gasteiger partial charge in [0.25, 0.3) is 5.91 Å². The van der Waals surface area contributed by atoms with E-state index in [9.17, 15) is 14.4 Å². The highest BCUT2D eigenvalue weighted by molar-refractivity contribution is 6.13. The molecule has 156 valence electrons. The van der Waals surface area contributed by atoms with Gasteiger partial charge in [0.05, 0.1) is 6.61 Å². The van der Waals surface area contributed by atoms with E-state index in [0.29, 0.717) is 24.9 Å². The number of carbonyl (C=O) groups is 3. The highest BCUT2D eigenvalue weighted by atomic mass is 16.5. The Bertz CT molecular complexity index is 933. The molecule has 5 heteroatoms. The Morgan fingerprint density at radius 1 is 1.10 bits per heavy atom. The quantitative estimate of drug-likeness (QED) is 0.406. The molecule has 30 heavy (non-hydrogen) atoms. The zero-order valence-corrected chi connectivity index (χ0v) is 17.5. The van der Waals surface area contributed by atoms with E-state index in [0.717, 1.165) is 11.1 Å². The van der Waals surface area contributed by atoms with Crippen LogP contribution in [0, 0.1) is 12.3 Å². The van der Waals surface area contributed by atoms with Crippen molar-refractivity contribution in [3.05, 3.63) is 77.4 Å². The highest BCUT2D eigenvalue weighted by Gasteiger charge is 2.52. The number of allylic oxidation sites excluding steroid dienone is 1. The third-order valence-corrected chi connectivity index (χ3v) is 5.43. The van der Waals surface area contributed by atoms with Gasteiger partial charge in [-0.2, -0.15) is 0 Å². The molecule has 1 aliphatic heterocycles. The van der Waals surface area contributed by atoms with Crippen molar-refractivity contribution in [1.29, 1.82) is 0 Å². The number of benzene rings is 2. The lowest BCUT2D eigenvalue weighted by Gasteiger charge is -2.38. The van der Waals surface area contributed by atoms with Crippen LogP contribution in [-0.2, 0) is 14.3 Å². The molecule has 2 amide bonds. The van der Waals surface area contributed by atoms with Crippen LogP contribution >= 0.6 is 0 Å². The van der Waals surface area contributed by atoms with Gasteiger partial charge in [0, 0.05) is 12.1 Å². The lowest BCUT2D eigenvalue weighted by Crippen LogP contribution is -2.55. The van der Waals surface area contributed by atoms with Crippen LogP contribution in [0.5, 0.6) is 0 Å². The van der Waals surface area contributed by atoms with E-state index < -0.39 is 17.3 Å². The first-order chi connectivity index (χ1) is 14.5. The topological polar surface area (TPSA) is 63.7 Å². The zero-order valence-electron chi connectivity index (χ0n) is 17.5. The van der Waals surface area contributed by atoms with E-state index in [1.54, 1.807) is 31.2 Å². The van der Waals surface area contributed by atoms with E-state index in [1.165, 1.54) is 4.90 Å². The molecule has 1 atom stereocenters. The summed E-state index contributed by atoms with van der Waals surface area (Å²) in [4.78, 5) is 40.5. The maximum atomic E-state index is 13.4. The Kier molecular flexibility index (Phi) is 6.83. The van der Waals surface area contributed by atoms with E-state index >= 15 is 0 Å². The number of imide groups is 1. The van der Waals surface area contributed by atoms with Crippen molar-refractivity contribution in [2.45, 2.75) is 33.1 Å². The molecular formula is C25H27NO4. The van der Waals surface area contributed by atoms with Crippen molar-refractivity contribution >= 4 is 23.9 Å². The number of hydrogen-bond acceptors (Lipinski definition) is 4. The van der Waals surface area contributed by atoms with Gasteiger partial charge < -0.3 is 4.74 Å². The number of nitrogens with zero attached hydrogens (tertiary/aromatic N) is 1. The summed E-state index contributed by atoms with van der Waals surface area (Å²) in [5.74, 6) is -1.42. The molecule has 0 aromatic heterocycles. The SMILES string of the molecule is CCOC(=O)[C@@]1(CC=Cc2ccc(C)cc2)CCCN(C(=O)c2ccccc2)C1=O. The minimum Gasteiger partial charge on any atom is -0.465 e. The van der Waals surface area contributed by atoms with Crippen LogP contribution in [0.3, 0.4) is 0 Å². The Hall–Kier alpha value is -3.21. The van der Waals surface area contributed by atoms with Gasteiger partial charge in [-0.3, -0.25) is 19.3 Å². The third-order valence-electron chi connectivity index (χ3n) is 5.43. The second-order valence-electron chi connectivity index (χ2n) is 7.55. The van der Waals surface area contributed by atoms with Crippen molar-refractivity contribution in [1.82, 2.24) is 4.90 Å². The van der Waals surface area contributed by atoms with Gasteiger partial charge in [-0.05, 0) is 50.8 Å². The number of likely N-dealkylation sites (tertiary alicyclic amines) is 1. The van der Waals surface area contributed by atoms with E-state index in [2.05, 4.69) is 0 Å². The summed E-state index contributed by atoms with van der Waals surface area (Å²) in [7, 11) is 0. The fourth-order valence-corrected chi connectivity index (χ4v) is 3.74. The maximum Gasteiger partial charge on any atom is 0.321 e. The third kappa shape index (κ3) is 4.51. The van der Waals surface area contributed by atoms with Crippen molar-refractivity contribution in [2.24, 2.45) is 5.41 Å². The van der Waals surface area contributed by atoms with Crippen LogP contribution in [0.2, 0.25) is 0 Å². The van der Waals surface area contributed by atoms with E-state index in [4.69, 9.17) is 4.74 Å². The number of rotatable bonds is 6. The van der Waals surface area contributed by atoms with Gasteiger partial charge in [-0.15, -0.1) is 0 Å². The minimum absolute atomic E-state index is 0.183. The van der Waals surface area contributed by atoms with Gasteiger partial charge in [0.1, 0.15) is 0 Å². The molecule has 2 aromatic carbocycles. The number of amides is 2. The maximum absolute atomic E-state index is 13.4. The fraction of sp³-hybridized carbons (Fsp3) is 0.320. The molecule has 0 radical (unpaired) electrons. The van der Waals surface area contributed by atoms with Gasteiger partial charge in [0.2, 0.25) is 5.91 Å². The van der Waals surface area contributed by atoms with Crippen LogP contribution in [0.25, 0.3) is 6.08 Å². The normalized spacial score (nSPS) is 19.1. The van der Waals surface area contributed by atoms with Crippen molar-refractivity contribution in [3.8, 4) is 0 Å². The predicted molar refractivity (Wildman–Crippen MR) is 116 cm³/mol. The summed E-state index contributed by atoms with van der Waals surface area (Å²) in [6.07, 6.45) is 4.84. The molecule has 3 rings (SSSR count). The molecular weight excluding hydrogens is 378 g/mol. The van der Waals surface area contributed by atoms with Crippen molar-refractivity contribution < 1.29 is 19.1 Å². The van der Waals surface area contributed by atoms with Gasteiger partial charge in [-0.1, -0.05) is 60.2 Å². The Morgan fingerprint density at radius 3 is 2.47 bits per heavy atom. The van der Waals surface area contributed by atoms with Crippen LogP contribution < -0.4 is 0 Å². The molecule has 1 heterocycles. The Labute approximate surface area is 177 Å². The van der Waals surface area contributed by atoms with Gasteiger partial charge >= 0.3 is 5.97 Å². The fourth-order valence-electron chi connectivity index (χ4n) is 3.74. The lowest BCUT2D eigenvalue weighted by atomic mass is 9.75. The molecule has 0 N–H and O–H groups in total. The summed E-state index contributed by atoms with van der Waals surface area (Å²) in [6, 6.07) is 16.6. The van der Waals surface area contributed by atoms with E-state index in [-0.39, 0.29) is 18.9 Å². The highest BCUT2D eigenvalue weighted by Crippen LogP contribution is 2.37.